The summed E-state index contributed by atoms with van der Waals surface area (Å²) in [7, 11) is 0. The number of rotatable bonds is 5. The van der Waals surface area contributed by atoms with Crippen LogP contribution in [0.15, 0.2) is 4.99 Å². The zero-order valence-electron chi connectivity index (χ0n) is 13.5. The molecule has 0 aromatic carbocycles. The Labute approximate surface area is 157 Å². The van der Waals surface area contributed by atoms with Gasteiger partial charge in [0.15, 0.2) is 5.17 Å². The number of hydrogen-bond acceptors (Lipinski definition) is 8. The van der Waals surface area contributed by atoms with Gasteiger partial charge in [0, 0.05) is 17.1 Å². The van der Waals surface area contributed by atoms with Crippen molar-refractivity contribution < 1.29 is 19.1 Å². The number of esters is 1. The molecule has 7 nitrogen and oxygen atoms in total. The molecule has 2 aliphatic rings. The van der Waals surface area contributed by atoms with E-state index < -0.39 is 17.1 Å². The van der Waals surface area contributed by atoms with Gasteiger partial charge in [-0.1, -0.05) is 11.8 Å². The molecule has 0 fully saturated rings. The summed E-state index contributed by atoms with van der Waals surface area (Å²) in [5.74, 6) is 0.607. The topological polar surface area (TPSA) is 111 Å². The standard InChI is InChI=1S/C15H17N3O4S3/c1-2-22-14(21)11-7-3-4-23-6-9(7)24-13(11)17-10(19)5-8-12(20)18-15(16)25-8/h8H,2-6H2,1H3,(H,17,19)(H2,16,18,20). The van der Waals surface area contributed by atoms with Gasteiger partial charge in [-0.25, -0.2) is 4.79 Å². The summed E-state index contributed by atoms with van der Waals surface area (Å²) in [5, 5.41) is 2.86. The molecule has 1 unspecified atom stereocenters. The van der Waals surface area contributed by atoms with Gasteiger partial charge in [0.25, 0.3) is 5.91 Å². The van der Waals surface area contributed by atoms with E-state index in [1.165, 1.54) is 11.3 Å². The number of hydrogen-bond donors (Lipinski definition) is 2. The summed E-state index contributed by atoms with van der Waals surface area (Å²) < 4.78 is 5.16. The molecule has 0 radical (unpaired) electrons. The number of ether oxygens (including phenoxy) is 1. The van der Waals surface area contributed by atoms with E-state index in [2.05, 4.69) is 10.3 Å². The summed E-state index contributed by atoms with van der Waals surface area (Å²) in [6.07, 6.45) is 0.745. The number of fused-ring (bicyclic) bond motifs is 1. The third kappa shape index (κ3) is 4.01. The summed E-state index contributed by atoms with van der Waals surface area (Å²) in [6, 6.07) is 0. The van der Waals surface area contributed by atoms with Gasteiger partial charge < -0.3 is 15.8 Å². The number of amides is 2. The van der Waals surface area contributed by atoms with Gasteiger partial charge in [0.1, 0.15) is 10.3 Å². The van der Waals surface area contributed by atoms with Crippen LogP contribution in [0.25, 0.3) is 0 Å². The van der Waals surface area contributed by atoms with Crippen LogP contribution in [-0.2, 0) is 26.5 Å². The first-order valence-corrected chi connectivity index (χ1v) is 10.6. The van der Waals surface area contributed by atoms with E-state index in [1.807, 2.05) is 0 Å². The summed E-state index contributed by atoms with van der Waals surface area (Å²) >= 11 is 4.29. The molecule has 3 heterocycles. The maximum Gasteiger partial charge on any atom is 0.341 e. The average Bonchev–Trinajstić information content (AvgIpc) is 3.06. The van der Waals surface area contributed by atoms with Crippen molar-refractivity contribution in [3.05, 3.63) is 16.0 Å². The second-order valence-electron chi connectivity index (χ2n) is 5.38. The number of carbonyl (C=O) groups is 3. The molecule has 1 atom stereocenters. The minimum absolute atomic E-state index is 0.0344. The van der Waals surface area contributed by atoms with E-state index in [4.69, 9.17) is 10.5 Å². The van der Waals surface area contributed by atoms with Gasteiger partial charge >= 0.3 is 5.97 Å². The zero-order chi connectivity index (χ0) is 18.0. The minimum Gasteiger partial charge on any atom is -0.462 e. The molecular weight excluding hydrogens is 382 g/mol. The molecule has 1 aromatic rings. The van der Waals surface area contributed by atoms with E-state index in [-0.39, 0.29) is 24.1 Å². The number of nitrogens with zero attached hydrogens (tertiary/aromatic N) is 1. The van der Waals surface area contributed by atoms with Crippen LogP contribution in [0.4, 0.5) is 5.00 Å². The van der Waals surface area contributed by atoms with Crippen LogP contribution in [-0.4, -0.2) is 40.6 Å². The molecule has 134 valence electrons. The van der Waals surface area contributed by atoms with Crippen LogP contribution in [0.3, 0.4) is 0 Å². The number of thioether (sulfide) groups is 2. The number of carbonyl (C=O) groups excluding carboxylic acids is 3. The second-order valence-corrected chi connectivity index (χ2v) is 8.81. The van der Waals surface area contributed by atoms with Crippen molar-refractivity contribution in [2.45, 2.75) is 30.8 Å². The van der Waals surface area contributed by atoms with Gasteiger partial charge in [0.05, 0.1) is 12.2 Å². The Kier molecular flexibility index (Phi) is 5.70. The molecule has 25 heavy (non-hydrogen) atoms. The van der Waals surface area contributed by atoms with Crippen LogP contribution in [0, 0.1) is 0 Å². The summed E-state index contributed by atoms with van der Waals surface area (Å²) in [4.78, 5) is 41.1. The molecule has 0 saturated carbocycles. The minimum atomic E-state index is -0.601. The average molecular weight is 400 g/mol. The van der Waals surface area contributed by atoms with Crippen molar-refractivity contribution in [1.29, 1.82) is 0 Å². The van der Waals surface area contributed by atoms with Crippen molar-refractivity contribution in [3.8, 4) is 0 Å². The van der Waals surface area contributed by atoms with Crippen molar-refractivity contribution in [3.63, 3.8) is 0 Å². The van der Waals surface area contributed by atoms with E-state index in [9.17, 15) is 14.4 Å². The zero-order valence-corrected chi connectivity index (χ0v) is 15.9. The second kappa shape index (κ2) is 7.79. The molecule has 2 aliphatic heterocycles. The highest BCUT2D eigenvalue weighted by molar-refractivity contribution is 8.15. The lowest BCUT2D eigenvalue weighted by Crippen LogP contribution is -2.22. The number of nitrogens with two attached hydrogens (primary N) is 1. The predicted octanol–water partition coefficient (Wildman–Crippen LogP) is 2.00. The largest absolute Gasteiger partial charge is 0.462 e. The van der Waals surface area contributed by atoms with Crippen LogP contribution in [0.5, 0.6) is 0 Å². The molecule has 1 aromatic heterocycles. The van der Waals surface area contributed by atoms with E-state index in [1.54, 1.807) is 18.7 Å². The van der Waals surface area contributed by atoms with Crippen LogP contribution < -0.4 is 11.1 Å². The van der Waals surface area contributed by atoms with Gasteiger partial charge in [-0.3, -0.25) is 9.59 Å². The third-order valence-electron chi connectivity index (χ3n) is 3.68. The summed E-state index contributed by atoms with van der Waals surface area (Å²) in [5.41, 5.74) is 6.93. The maximum atomic E-state index is 12.4. The van der Waals surface area contributed by atoms with Crippen molar-refractivity contribution in [2.75, 3.05) is 17.7 Å². The normalized spacial score (nSPS) is 19.3. The first kappa shape index (κ1) is 18.3. The highest BCUT2D eigenvalue weighted by Crippen LogP contribution is 2.40. The van der Waals surface area contributed by atoms with Crippen molar-refractivity contribution in [2.24, 2.45) is 10.7 Å². The molecule has 0 bridgehead atoms. The summed E-state index contributed by atoms with van der Waals surface area (Å²) in [6.45, 7) is 2.02. The van der Waals surface area contributed by atoms with Gasteiger partial charge in [-0.2, -0.15) is 16.8 Å². The Hall–Kier alpha value is -1.52. The first-order chi connectivity index (χ1) is 12.0. The monoisotopic (exact) mass is 399 g/mol. The van der Waals surface area contributed by atoms with E-state index in [0.717, 1.165) is 40.1 Å². The van der Waals surface area contributed by atoms with Crippen LogP contribution in [0.1, 0.15) is 34.1 Å². The molecule has 2 amide bonds. The predicted molar refractivity (Wildman–Crippen MR) is 101 cm³/mol. The fraction of sp³-hybridized carbons (Fsp3) is 0.467. The molecule has 0 saturated heterocycles. The number of aliphatic imine (C=N–C) groups is 1. The van der Waals surface area contributed by atoms with Crippen molar-refractivity contribution >= 4 is 62.8 Å². The Morgan fingerprint density at radius 2 is 2.24 bits per heavy atom. The van der Waals surface area contributed by atoms with Gasteiger partial charge in [-0.15, -0.1) is 11.3 Å². The Morgan fingerprint density at radius 1 is 1.44 bits per heavy atom. The SMILES string of the molecule is CCOC(=O)c1c(NC(=O)CC2SC(N)=NC2=O)sc2c1CCSC2. The van der Waals surface area contributed by atoms with Gasteiger partial charge in [-0.05, 0) is 24.7 Å². The number of nitrogens with one attached hydrogen (secondary N) is 1. The Morgan fingerprint density at radius 3 is 2.92 bits per heavy atom. The Balaban J connectivity index is 1.77. The molecule has 3 rings (SSSR count). The fourth-order valence-corrected chi connectivity index (χ4v) is 5.83. The lowest BCUT2D eigenvalue weighted by Gasteiger charge is -2.12. The van der Waals surface area contributed by atoms with Gasteiger partial charge in [0.2, 0.25) is 5.91 Å². The maximum absolute atomic E-state index is 12.4. The molecule has 3 N–H and O–H groups in total. The number of anilines is 1. The highest BCUT2D eigenvalue weighted by atomic mass is 32.2. The number of thiophene rings is 1. The molecule has 0 spiro atoms. The molecule has 10 heteroatoms. The first-order valence-electron chi connectivity index (χ1n) is 7.73. The molecular formula is C15H17N3O4S3. The quantitative estimate of drug-likeness (QED) is 0.729. The molecule has 0 aliphatic carbocycles. The lowest BCUT2D eigenvalue weighted by atomic mass is 10.1. The van der Waals surface area contributed by atoms with E-state index >= 15 is 0 Å². The van der Waals surface area contributed by atoms with Crippen molar-refractivity contribution in [1.82, 2.24) is 0 Å². The lowest BCUT2D eigenvalue weighted by molar-refractivity contribution is -0.121. The Bertz CT molecular complexity index is 759. The van der Waals surface area contributed by atoms with E-state index in [0.29, 0.717) is 10.6 Å². The third-order valence-corrected chi connectivity index (χ3v) is 6.98. The van der Waals surface area contributed by atoms with Crippen LogP contribution >= 0.6 is 34.9 Å². The smallest absolute Gasteiger partial charge is 0.341 e. The highest BCUT2D eigenvalue weighted by Gasteiger charge is 2.31. The van der Waals surface area contributed by atoms with Crippen LogP contribution in [0.2, 0.25) is 0 Å². The fourth-order valence-electron chi connectivity index (χ4n) is 2.62. The number of amidine groups is 1.